The minimum Gasteiger partial charge on any atom is -0.493 e. The average molecular weight is 265 g/mol. The van der Waals surface area contributed by atoms with Crippen LogP contribution in [0.3, 0.4) is 0 Å². The van der Waals surface area contributed by atoms with Gasteiger partial charge in [-0.2, -0.15) is 0 Å². The Kier molecular flexibility index (Phi) is 6.16. The van der Waals surface area contributed by atoms with Gasteiger partial charge in [-0.25, -0.2) is 0 Å². The Morgan fingerprint density at radius 1 is 1.21 bits per heavy atom. The highest BCUT2D eigenvalue weighted by atomic mass is 16.5. The first-order valence-electron chi connectivity index (χ1n) is 7.12. The first-order chi connectivity index (χ1) is 9.03. The normalized spacial score (nSPS) is 13.1. The van der Waals surface area contributed by atoms with Gasteiger partial charge in [0, 0.05) is 18.0 Å². The van der Waals surface area contributed by atoms with Crippen molar-refractivity contribution in [1.82, 2.24) is 0 Å². The van der Waals surface area contributed by atoms with Gasteiger partial charge < -0.3 is 15.2 Å². The van der Waals surface area contributed by atoms with Crippen molar-refractivity contribution >= 4 is 0 Å². The van der Waals surface area contributed by atoms with Gasteiger partial charge in [0.05, 0.1) is 6.61 Å². The zero-order chi connectivity index (χ0) is 14.3. The van der Waals surface area contributed by atoms with Crippen molar-refractivity contribution in [2.45, 2.75) is 46.6 Å². The summed E-state index contributed by atoms with van der Waals surface area (Å²) in [6.07, 6.45) is 2.25. The molecule has 0 bridgehead atoms. The molecular formula is C16H27NO2. The molecule has 1 rings (SSSR count). The van der Waals surface area contributed by atoms with Crippen LogP contribution in [0.25, 0.3) is 0 Å². The minimum absolute atomic E-state index is 0.0202. The van der Waals surface area contributed by atoms with Crippen LogP contribution in [-0.2, 0) is 0 Å². The van der Waals surface area contributed by atoms with E-state index in [0.717, 1.165) is 30.9 Å². The molecule has 1 aromatic carbocycles. The maximum atomic E-state index is 5.90. The topological polar surface area (TPSA) is 44.5 Å². The quantitative estimate of drug-likeness (QED) is 0.780. The molecule has 1 aromatic rings. The summed E-state index contributed by atoms with van der Waals surface area (Å²) in [7, 11) is 0. The van der Waals surface area contributed by atoms with E-state index < -0.39 is 0 Å². The van der Waals surface area contributed by atoms with E-state index >= 15 is 0 Å². The van der Waals surface area contributed by atoms with Gasteiger partial charge >= 0.3 is 0 Å². The number of hydrogen-bond acceptors (Lipinski definition) is 3. The van der Waals surface area contributed by atoms with Crippen molar-refractivity contribution in [3.63, 3.8) is 0 Å². The van der Waals surface area contributed by atoms with E-state index in [0.29, 0.717) is 6.54 Å². The second-order valence-corrected chi connectivity index (χ2v) is 5.45. The zero-order valence-electron chi connectivity index (χ0n) is 12.6. The Hall–Kier alpha value is -1.22. The number of rotatable bonds is 8. The Balaban J connectivity index is 2.62. The molecule has 0 heterocycles. The van der Waals surface area contributed by atoms with E-state index in [9.17, 15) is 0 Å². The summed E-state index contributed by atoms with van der Waals surface area (Å²) in [6, 6.07) is 7.77. The molecule has 1 atom stereocenters. The molecule has 19 heavy (non-hydrogen) atoms. The molecule has 0 saturated heterocycles. The van der Waals surface area contributed by atoms with Crippen LogP contribution >= 0.6 is 0 Å². The molecule has 0 aliphatic heterocycles. The second kappa shape index (κ2) is 7.39. The molecule has 2 N–H and O–H groups in total. The lowest BCUT2D eigenvalue weighted by molar-refractivity contribution is 0.151. The van der Waals surface area contributed by atoms with E-state index in [1.165, 1.54) is 0 Å². The first-order valence-corrected chi connectivity index (χ1v) is 7.12. The molecule has 3 heteroatoms. The van der Waals surface area contributed by atoms with Crippen LogP contribution in [-0.4, -0.2) is 19.3 Å². The molecule has 3 nitrogen and oxygen atoms in total. The number of benzene rings is 1. The molecule has 0 radical (unpaired) electrons. The number of nitrogens with two attached hydrogens (primary N) is 1. The van der Waals surface area contributed by atoms with Crippen molar-refractivity contribution in [2.75, 3.05) is 13.2 Å². The fourth-order valence-corrected chi connectivity index (χ4v) is 1.63. The summed E-state index contributed by atoms with van der Waals surface area (Å²) in [6.45, 7) is 9.86. The van der Waals surface area contributed by atoms with Crippen LogP contribution in [0, 0.1) is 5.41 Å². The van der Waals surface area contributed by atoms with Crippen molar-refractivity contribution in [1.29, 1.82) is 0 Å². The molecular weight excluding hydrogens is 238 g/mol. The molecule has 0 fully saturated rings. The number of ether oxygens (including phenoxy) is 2. The number of hydrogen-bond donors (Lipinski definition) is 1. The van der Waals surface area contributed by atoms with E-state index in [4.69, 9.17) is 15.2 Å². The lowest BCUT2D eigenvalue weighted by atomic mass is 9.86. The summed E-state index contributed by atoms with van der Waals surface area (Å²) in [4.78, 5) is 0. The van der Waals surface area contributed by atoms with Gasteiger partial charge in [-0.05, 0) is 31.9 Å². The Labute approximate surface area is 117 Å². The minimum atomic E-state index is 0.0202. The third-order valence-electron chi connectivity index (χ3n) is 3.77. The molecule has 0 spiro atoms. The fraction of sp³-hybridized carbons (Fsp3) is 0.625. The third-order valence-corrected chi connectivity index (χ3v) is 3.77. The van der Waals surface area contributed by atoms with Crippen molar-refractivity contribution < 1.29 is 9.47 Å². The summed E-state index contributed by atoms with van der Waals surface area (Å²) in [5.74, 6) is 1.67. The van der Waals surface area contributed by atoms with Crippen LogP contribution in [0.5, 0.6) is 11.5 Å². The van der Waals surface area contributed by atoms with Crippen LogP contribution in [0.15, 0.2) is 24.3 Å². The summed E-state index contributed by atoms with van der Waals surface area (Å²) in [5, 5.41) is 0. The van der Waals surface area contributed by atoms with Crippen LogP contribution in [0.4, 0.5) is 0 Å². The zero-order valence-corrected chi connectivity index (χ0v) is 12.6. The van der Waals surface area contributed by atoms with Crippen LogP contribution in [0.2, 0.25) is 0 Å². The van der Waals surface area contributed by atoms with Gasteiger partial charge in [0.25, 0.3) is 0 Å². The van der Waals surface area contributed by atoms with Crippen molar-refractivity contribution in [2.24, 2.45) is 11.1 Å². The maximum absolute atomic E-state index is 5.90. The van der Waals surface area contributed by atoms with E-state index in [1.807, 2.05) is 31.2 Å². The van der Waals surface area contributed by atoms with Gasteiger partial charge in [0.15, 0.2) is 0 Å². The highest BCUT2D eigenvalue weighted by Gasteiger charge is 2.20. The Morgan fingerprint density at radius 2 is 1.84 bits per heavy atom. The highest BCUT2D eigenvalue weighted by molar-refractivity contribution is 5.33. The van der Waals surface area contributed by atoms with E-state index in [2.05, 4.69) is 20.8 Å². The van der Waals surface area contributed by atoms with Gasteiger partial charge in [-0.15, -0.1) is 0 Å². The largest absolute Gasteiger partial charge is 0.493 e. The van der Waals surface area contributed by atoms with Crippen LogP contribution < -0.4 is 15.2 Å². The average Bonchev–Trinajstić information content (AvgIpc) is 2.45. The maximum Gasteiger partial charge on any atom is 0.123 e. The lowest BCUT2D eigenvalue weighted by Gasteiger charge is -2.26. The second-order valence-electron chi connectivity index (χ2n) is 5.45. The van der Waals surface area contributed by atoms with Gasteiger partial charge in [-0.1, -0.05) is 26.8 Å². The molecule has 0 unspecified atom stereocenters. The predicted molar refractivity (Wildman–Crippen MR) is 79.8 cm³/mol. The van der Waals surface area contributed by atoms with Crippen LogP contribution in [0.1, 0.15) is 40.5 Å². The SMILES string of the molecule is CCC(C)(CC)COc1cccc(O[C@H](C)CN)c1. The molecule has 108 valence electrons. The van der Waals surface area contributed by atoms with E-state index in [1.54, 1.807) is 0 Å². The third kappa shape index (κ3) is 5.11. The van der Waals surface area contributed by atoms with Gasteiger partial charge in [0.1, 0.15) is 17.6 Å². The first kappa shape index (κ1) is 15.8. The predicted octanol–water partition coefficient (Wildman–Crippen LogP) is 3.62. The standard InChI is InChI=1S/C16H27NO2/c1-5-16(4,6-2)12-18-14-8-7-9-15(10-14)19-13(3)11-17/h7-10,13H,5-6,11-12,17H2,1-4H3/t13-/m1/s1. The highest BCUT2D eigenvalue weighted by Crippen LogP contribution is 2.28. The lowest BCUT2D eigenvalue weighted by Crippen LogP contribution is -2.24. The Bertz CT molecular complexity index is 375. The van der Waals surface area contributed by atoms with Crippen molar-refractivity contribution in [3.8, 4) is 11.5 Å². The molecule has 0 aliphatic carbocycles. The van der Waals surface area contributed by atoms with Gasteiger partial charge in [-0.3, -0.25) is 0 Å². The molecule has 0 aromatic heterocycles. The van der Waals surface area contributed by atoms with E-state index in [-0.39, 0.29) is 11.5 Å². The molecule has 0 saturated carbocycles. The molecule has 0 amide bonds. The summed E-state index contributed by atoms with van der Waals surface area (Å²) >= 11 is 0. The summed E-state index contributed by atoms with van der Waals surface area (Å²) < 4.78 is 11.6. The molecule has 0 aliphatic rings. The summed E-state index contributed by atoms with van der Waals surface area (Å²) in [5.41, 5.74) is 5.79. The van der Waals surface area contributed by atoms with Crippen molar-refractivity contribution in [3.05, 3.63) is 24.3 Å². The Morgan fingerprint density at radius 3 is 2.42 bits per heavy atom. The monoisotopic (exact) mass is 265 g/mol. The van der Waals surface area contributed by atoms with Gasteiger partial charge in [0.2, 0.25) is 0 Å². The smallest absolute Gasteiger partial charge is 0.123 e. The fourth-order valence-electron chi connectivity index (χ4n) is 1.63.